The average molecular weight is 228 g/mol. The van der Waals surface area contributed by atoms with Gasteiger partial charge in [0.05, 0.1) is 0 Å². The zero-order valence-corrected chi connectivity index (χ0v) is 10.4. The van der Waals surface area contributed by atoms with Gasteiger partial charge >= 0.3 is 96.0 Å². The zero-order chi connectivity index (χ0) is 10.4. The molecule has 0 radical (unpaired) electrons. The fraction of sp³-hybridized carbons (Fsp3) is 0.700. The zero-order valence-electron chi connectivity index (χ0n) is 8.75. The van der Waals surface area contributed by atoms with Crippen LogP contribution in [0.1, 0.15) is 13.3 Å². The fourth-order valence-electron chi connectivity index (χ4n) is 1.15. The molecule has 0 aromatic rings. The Hall–Kier alpha value is 0.175. The molecule has 0 atom stereocenters. The Morgan fingerprint density at radius 2 is 2.07 bits per heavy atom. The predicted molar refractivity (Wildman–Crippen MR) is 71.1 cm³/mol. The molecule has 4 heteroatoms. The van der Waals surface area contributed by atoms with Crippen LogP contribution in [0.5, 0.6) is 0 Å². The molecular formula is C10H17BOS2. The van der Waals surface area contributed by atoms with Crippen LogP contribution in [0.4, 0.5) is 0 Å². The van der Waals surface area contributed by atoms with Crippen LogP contribution >= 0.6 is 23.5 Å². The van der Waals surface area contributed by atoms with E-state index >= 15 is 0 Å². The Morgan fingerprint density at radius 1 is 1.50 bits per heavy atom. The first-order valence-electron chi connectivity index (χ1n) is 4.89. The van der Waals surface area contributed by atoms with Crippen molar-refractivity contribution in [3.63, 3.8) is 0 Å². The number of thioether (sulfide) groups is 2. The SMILES string of the molecule is B=C(CC)OC1CSCC(=C)CSC1. The van der Waals surface area contributed by atoms with Crippen molar-refractivity contribution in [2.24, 2.45) is 0 Å². The van der Waals surface area contributed by atoms with Gasteiger partial charge in [0.25, 0.3) is 0 Å². The molecule has 1 fully saturated rings. The first-order valence-corrected chi connectivity index (χ1v) is 7.20. The van der Waals surface area contributed by atoms with E-state index in [0.29, 0.717) is 6.10 Å². The molecule has 78 valence electrons. The van der Waals surface area contributed by atoms with E-state index in [-0.39, 0.29) is 0 Å². The van der Waals surface area contributed by atoms with Crippen molar-refractivity contribution in [2.45, 2.75) is 19.4 Å². The molecule has 14 heavy (non-hydrogen) atoms. The number of hydrogen-bond donors (Lipinski definition) is 0. The summed E-state index contributed by atoms with van der Waals surface area (Å²) in [6.45, 7) is 6.09. The van der Waals surface area contributed by atoms with Gasteiger partial charge in [-0.15, -0.1) is 0 Å². The second-order valence-corrected chi connectivity index (χ2v) is 5.47. The third-order valence-electron chi connectivity index (χ3n) is 1.95. The van der Waals surface area contributed by atoms with Gasteiger partial charge in [-0.1, -0.05) is 0 Å². The van der Waals surface area contributed by atoms with Crippen LogP contribution in [-0.2, 0) is 4.74 Å². The van der Waals surface area contributed by atoms with Crippen LogP contribution in [0.15, 0.2) is 12.2 Å². The molecule has 0 amide bonds. The van der Waals surface area contributed by atoms with E-state index in [1.807, 2.05) is 23.5 Å². The molecule has 0 N–H and O–H groups in total. The minimum atomic E-state index is 0.338. The van der Waals surface area contributed by atoms with Gasteiger partial charge in [-0.3, -0.25) is 0 Å². The topological polar surface area (TPSA) is 9.23 Å². The molecule has 0 saturated carbocycles. The predicted octanol–water partition coefficient (Wildman–Crippen LogP) is 1.85. The quantitative estimate of drug-likeness (QED) is 0.539. The monoisotopic (exact) mass is 228 g/mol. The Balaban J connectivity index is 2.31. The van der Waals surface area contributed by atoms with E-state index in [0.717, 1.165) is 35.1 Å². The van der Waals surface area contributed by atoms with Crippen LogP contribution < -0.4 is 0 Å². The maximum atomic E-state index is 5.75. The second-order valence-electron chi connectivity index (χ2n) is 3.41. The third-order valence-corrected chi connectivity index (χ3v) is 4.39. The second kappa shape index (κ2) is 6.62. The first kappa shape index (κ1) is 12.2. The van der Waals surface area contributed by atoms with E-state index < -0.39 is 0 Å². The summed E-state index contributed by atoms with van der Waals surface area (Å²) in [4.78, 5) is 0. The Morgan fingerprint density at radius 3 is 2.57 bits per heavy atom. The van der Waals surface area contributed by atoms with Crippen molar-refractivity contribution in [1.82, 2.24) is 0 Å². The van der Waals surface area contributed by atoms with Gasteiger partial charge in [0, 0.05) is 0 Å². The summed E-state index contributed by atoms with van der Waals surface area (Å²) >= 11 is 3.84. The molecule has 1 rings (SSSR count). The standard InChI is InChI=1S/C10H17BOS2/c1-3-10(11)12-9-6-13-4-8(2)5-14-7-9/h9,11H,2-7H2,1H3. The van der Waals surface area contributed by atoms with Gasteiger partial charge in [0.2, 0.25) is 0 Å². The fourth-order valence-corrected chi connectivity index (χ4v) is 3.34. The molecule has 1 heterocycles. The molecule has 0 unspecified atom stereocenters. The summed E-state index contributed by atoms with van der Waals surface area (Å²) in [5, 5.41) is 0. The van der Waals surface area contributed by atoms with Gasteiger partial charge < -0.3 is 0 Å². The van der Waals surface area contributed by atoms with Crippen LogP contribution in [-0.4, -0.2) is 42.3 Å². The van der Waals surface area contributed by atoms with Gasteiger partial charge in [0.15, 0.2) is 0 Å². The maximum absolute atomic E-state index is 5.75. The van der Waals surface area contributed by atoms with Gasteiger partial charge in [-0.25, -0.2) is 0 Å². The molecule has 0 aromatic carbocycles. The van der Waals surface area contributed by atoms with Crippen LogP contribution in [0.25, 0.3) is 0 Å². The molecule has 1 aliphatic rings. The van der Waals surface area contributed by atoms with E-state index in [1.54, 1.807) is 0 Å². The Kier molecular flexibility index (Phi) is 5.79. The third kappa shape index (κ3) is 4.60. The molecule has 1 nitrogen and oxygen atoms in total. The molecule has 0 spiro atoms. The molecule has 1 aliphatic heterocycles. The van der Waals surface area contributed by atoms with E-state index in [4.69, 9.17) is 4.74 Å². The molecule has 0 bridgehead atoms. The summed E-state index contributed by atoms with van der Waals surface area (Å²) in [5.74, 6) is 4.27. The Bertz CT molecular complexity index is 206. The number of rotatable bonds is 3. The number of ether oxygens (including phenoxy) is 1. The summed E-state index contributed by atoms with van der Waals surface area (Å²) in [7, 11) is 3.88. The van der Waals surface area contributed by atoms with Crippen molar-refractivity contribution in [3.05, 3.63) is 12.2 Å². The summed E-state index contributed by atoms with van der Waals surface area (Å²) in [6.07, 6.45) is 1.25. The van der Waals surface area contributed by atoms with Gasteiger partial charge in [0.1, 0.15) is 0 Å². The van der Waals surface area contributed by atoms with Crippen molar-refractivity contribution < 1.29 is 4.74 Å². The van der Waals surface area contributed by atoms with E-state index in [9.17, 15) is 0 Å². The van der Waals surface area contributed by atoms with Gasteiger partial charge in [-0.05, 0) is 0 Å². The minimum absolute atomic E-state index is 0.338. The van der Waals surface area contributed by atoms with E-state index in [2.05, 4.69) is 21.0 Å². The Labute approximate surface area is 96.1 Å². The van der Waals surface area contributed by atoms with Crippen LogP contribution in [0.2, 0.25) is 0 Å². The number of hydrogen-bond acceptors (Lipinski definition) is 3. The van der Waals surface area contributed by atoms with Gasteiger partial charge in [-0.2, -0.15) is 0 Å². The van der Waals surface area contributed by atoms with Crippen LogP contribution in [0, 0.1) is 0 Å². The van der Waals surface area contributed by atoms with E-state index in [1.165, 1.54) is 5.57 Å². The summed E-state index contributed by atoms with van der Waals surface area (Å²) in [5.41, 5.74) is 2.25. The normalized spacial score (nSPS) is 19.9. The van der Waals surface area contributed by atoms with Crippen molar-refractivity contribution >= 4 is 36.7 Å². The molecule has 0 aliphatic carbocycles. The summed E-state index contributed by atoms with van der Waals surface area (Å²) in [6, 6.07) is 0. The molecule has 1 saturated heterocycles. The first-order chi connectivity index (χ1) is 6.72. The molecule has 0 aromatic heterocycles. The summed E-state index contributed by atoms with van der Waals surface area (Å²) < 4.78 is 5.75. The molecular weight excluding hydrogens is 211 g/mol. The van der Waals surface area contributed by atoms with Crippen molar-refractivity contribution in [3.8, 4) is 0 Å². The van der Waals surface area contributed by atoms with Crippen molar-refractivity contribution in [1.29, 1.82) is 0 Å². The van der Waals surface area contributed by atoms with Crippen molar-refractivity contribution in [2.75, 3.05) is 23.0 Å². The average Bonchev–Trinajstić information content (AvgIpc) is 2.14. The van der Waals surface area contributed by atoms with Crippen LogP contribution in [0.3, 0.4) is 0 Å².